The minimum Gasteiger partial charge on any atom is -0.466 e. The van der Waals surface area contributed by atoms with Gasteiger partial charge in [-0.1, -0.05) is 30.3 Å². The van der Waals surface area contributed by atoms with Crippen LogP contribution in [0.1, 0.15) is 5.76 Å². The fourth-order valence-electron chi connectivity index (χ4n) is 1.93. The molecule has 0 aliphatic rings. The molecule has 18 heavy (non-hydrogen) atoms. The van der Waals surface area contributed by atoms with Crippen LogP contribution in [0.25, 0.3) is 10.8 Å². The Morgan fingerprint density at radius 2 is 1.83 bits per heavy atom. The van der Waals surface area contributed by atoms with Crippen molar-refractivity contribution in [3.63, 3.8) is 0 Å². The maximum Gasteiger partial charge on any atom is 0.136 e. The predicted molar refractivity (Wildman–Crippen MR) is 77.7 cm³/mol. The third-order valence-electron chi connectivity index (χ3n) is 2.89. The highest BCUT2D eigenvalue weighted by molar-refractivity contribution is 9.10. The Morgan fingerprint density at radius 3 is 2.61 bits per heavy atom. The number of nitrogens with one attached hydrogen (secondary N) is 1. The number of anilines is 1. The van der Waals surface area contributed by atoms with Crippen LogP contribution in [0.3, 0.4) is 0 Å². The van der Waals surface area contributed by atoms with Crippen molar-refractivity contribution in [2.75, 3.05) is 5.32 Å². The first-order chi connectivity index (χ1) is 8.83. The molecule has 0 radical (unpaired) electrons. The van der Waals surface area contributed by atoms with Crippen LogP contribution in [-0.4, -0.2) is 0 Å². The molecule has 1 heterocycles. The van der Waals surface area contributed by atoms with Gasteiger partial charge in [-0.15, -0.1) is 0 Å². The van der Waals surface area contributed by atoms with E-state index in [-0.39, 0.29) is 0 Å². The van der Waals surface area contributed by atoms with Gasteiger partial charge >= 0.3 is 0 Å². The Bertz CT molecular complexity index is 675. The van der Waals surface area contributed by atoms with Crippen LogP contribution in [0.15, 0.2) is 63.7 Å². The Hall–Kier alpha value is -1.74. The van der Waals surface area contributed by atoms with Crippen molar-refractivity contribution >= 4 is 32.4 Å². The third-order valence-corrected chi connectivity index (χ3v) is 3.60. The molecule has 3 rings (SSSR count). The fourth-order valence-corrected chi connectivity index (χ4v) is 2.27. The highest BCUT2D eigenvalue weighted by atomic mass is 79.9. The minimum atomic E-state index is 0.673. The van der Waals surface area contributed by atoms with Gasteiger partial charge in [0.05, 0.1) is 17.3 Å². The van der Waals surface area contributed by atoms with Crippen LogP contribution in [-0.2, 0) is 6.54 Å². The second-order valence-electron chi connectivity index (χ2n) is 4.11. The highest BCUT2D eigenvalue weighted by Gasteiger charge is 2.03. The Kier molecular flexibility index (Phi) is 3.07. The second-order valence-corrected chi connectivity index (χ2v) is 4.96. The summed E-state index contributed by atoms with van der Waals surface area (Å²) >= 11 is 3.45. The quantitative estimate of drug-likeness (QED) is 0.751. The van der Waals surface area contributed by atoms with E-state index in [1.54, 1.807) is 6.26 Å². The van der Waals surface area contributed by atoms with Crippen molar-refractivity contribution in [3.8, 4) is 0 Å². The summed E-state index contributed by atoms with van der Waals surface area (Å²) in [6.07, 6.45) is 1.68. The largest absolute Gasteiger partial charge is 0.466 e. The SMILES string of the molecule is Brc1ccoc1CNc1ccc2ccccc2c1. The van der Waals surface area contributed by atoms with Gasteiger partial charge in [0.1, 0.15) is 5.76 Å². The maximum atomic E-state index is 5.36. The molecule has 1 N–H and O–H groups in total. The summed E-state index contributed by atoms with van der Waals surface area (Å²) in [7, 11) is 0. The van der Waals surface area contributed by atoms with Crippen molar-refractivity contribution in [3.05, 3.63) is 65.0 Å². The van der Waals surface area contributed by atoms with E-state index in [4.69, 9.17) is 4.42 Å². The molecule has 0 saturated heterocycles. The number of fused-ring (bicyclic) bond motifs is 1. The molecule has 0 saturated carbocycles. The molecule has 90 valence electrons. The van der Waals surface area contributed by atoms with Gasteiger partial charge < -0.3 is 9.73 Å². The molecule has 1 aromatic heterocycles. The number of rotatable bonds is 3. The summed E-state index contributed by atoms with van der Waals surface area (Å²) < 4.78 is 6.36. The van der Waals surface area contributed by atoms with Gasteiger partial charge in [0.25, 0.3) is 0 Å². The smallest absolute Gasteiger partial charge is 0.136 e. The predicted octanol–water partition coefficient (Wildman–Crippen LogP) is 4.81. The lowest BCUT2D eigenvalue weighted by Gasteiger charge is -2.06. The number of furan rings is 1. The zero-order valence-electron chi connectivity index (χ0n) is 9.69. The molecule has 0 aliphatic heterocycles. The molecule has 2 nitrogen and oxygen atoms in total. The van der Waals surface area contributed by atoms with Crippen molar-refractivity contribution in [1.82, 2.24) is 0 Å². The Morgan fingerprint density at radius 1 is 1.00 bits per heavy atom. The van der Waals surface area contributed by atoms with E-state index in [1.165, 1.54) is 10.8 Å². The van der Waals surface area contributed by atoms with E-state index in [0.29, 0.717) is 6.54 Å². The van der Waals surface area contributed by atoms with E-state index >= 15 is 0 Å². The van der Waals surface area contributed by atoms with E-state index < -0.39 is 0 Å². The van der Waals surface area contributed by atoms with Gasteiger partial charge in [-0.05, 0) is 44.9 Å². The van der Waals surface area contributed by atoms with Gasteiger partial charge in [-0.3, -0.25) is 0 Å². The summed E-state index contributed by atoms with van der Waals surface area (Å²) in [4.78, 5) is 0. The monoisotopic (exact) mass is 301 g/mol. The van der Waals surface area contributed by atoms with Crippen molar-refractivity contribution in [1.29, 1.82) is 0 Å². The van der Waals surface area contributed by atoms with Crippen LogP contribution in [0.4, 0.5) is 5.69 Å². The maximum absolute atomic E-state index is 5.36. The molecule has 0 bridgehead atoms. The summed E-state index contributed by atoms with van der Waals surface area (Å²) in [6, 6.07) is 16.6. The van der Waals surface area contributed by atoms with E-state index in [9.17, 15) is 0 Å². The van der Waals surface area contributed by atoms with Crippen LogP contribution < -0.4 is 5.32 Å². The molecule has 2 aromatic carbocycles. The first kappa shape index (κ1) is 11.4. The lowest BCUT2D eigenvalue weighted by molar-refractivity contribution is 0.516. The van der Waals surface area contributed by atoms with Gasteiger partial charge in [0.15, 0.2) is 0 Å². The van der Waals surface area contributed by atoms with Crippen molar-refractivity contribution < 1.29 is 4.42 Å². The molecule has 0 atom stereocenters. The number of halogens is 1. The first-order valence-corrected chi connectivity index (χ1v) is 6.57. The van der Waals surface area contributed by atoms with Gasteiger partial charge in [-0.25, -0.2) is 0 Å². The molecule has 3 aromatic rings. The third kappa shape index (κ3) is 2.27. The average Bonchev–Trinajstić information content (AvgIpc) is 2.82. The van der Waals surface area contributed by atoms with Gasteiger partial charge in [0, 0.05) is 5.69 Å². The molecular formula is C15H12BrNO. The average molecular weight is 302 g/mol. The number of benzene rings is 2. The molecule has 0 fully saturated rings. The van der Waals surface area contributed by atoms with Crippen LogP contribution in [0.2, 0.25) is 0 Å². The zero-order chi connectivity index (χ0) is 12.4. The van der Waals surface area contributed by atoms with Crippen molar-refractivity contribution in [2.45, 2.75) is 6.54 Å². The summed E-state index contributed by atoms with van der Waals surface area (Å²) in [5.74, 6) is 0.906. The second kappa shape index (κ2) is 4.86. The van der Waals surface area contributed by atoms with Gasteiger partial charge in [0.2, 0.25) is 0 Å². The molecular weight excluding hydrogens is 290 g/mol. The van der Waals surface area contributed by atoms with E-state index in [0.717, 1.165) is 15.9 Å². The topological polar surface area (TPSA) is 25.2 Å². The van der Waals surface area contributed by atoms with E-state index in [1.807, 2.05) is 6.07 Å². The number of hydrogen-bond acceptors (Lipinski definition) is 2. The van der Waals surface area contributed by atoms with Crippen molar-refractivity contribution in [2.24, 2.45) is 0 Å². The first-order valence-electron chi connectivity index (χ1n) is 5.77. The summed E-state index contributed by atoms with van der Waals surface area (Å²) in [5, 5.41) is 5.85. The lowest BCUT2D eigenvalue weighted by Crippen LogP contribution is -1.98. The van der Waals surface area contributed by atoms with Crippen LogP contribution in [0, 0.1) is 0 Å². The normalized spacial score (nSPS) is 10.7. The molecule has 3 heteroatoms. The zero-order valence-corrected chi connectivity index (χ0v) is 11.3. The van der Waals surface area contributed by atoms with E-state index in [2.05, 4.69) is 63.7 Å². The minimum absolute atomic E-state index is 0.673. The molecule has 0 spiro atoms. The Balaban J connectivity index is 1.81. The summed E-state index contributed by atoms with van der Waals surface area (Å²) in [5.41, 5.74) is 1.09. The molecule has 0 unspecified atom stereocenters. The lowest BCUT2D eigenvalue weighted by atomic mass is 10.1. The van der Waals surface area contributed by atoms with Crippen LogP contribution in [0.5, 0.6) is 0 Å². The number of hydrogen-bond donors (Lipinski definition) is 1. The highest BCUT2D eigenvalue weighted by Crippen LogP contribution is 2.21. The molecule has 0 aliphatic carbocycles. The fraction of sp³-hybridized carbons (Fsp3) is 0.0667. The molecule has 0 amide bonds. The van der Waals surface area contributed by atoms with Gasteiger partial charge in [-0.2, -0.15) is 0 Å². The van der Waals surface area contributed by atoms with Crippen LogP contribution >= 0.6 is 15.9 Å². The summed E-state index contributed by atoms with van der Waals surface area (Å²) in [6.45, 7) is 0.673. The standard InChI is InChI=1S/C15H12BrNO/c16-14-7-8-18-15(14)10-17-13-6-5-11-3-1-2-4-12(11)9-13/h1-9,17H,10H2. The Labute approximate surface area is 114 Å².